The fraction of sp³-hybridized carbons (Fsp3) is 0.611. The lowest BCUT2D eigenvalue weighted by Crippen LogP contribution is -2.49. The van der Waals surface area contributed by atoms with Crippen LogP contribution in [-0.2, 0) is 0 Å². The van der Waals surface area contributed by atoms with Crippen LogP contribution in [0.25, 0.3) is 0 Å². The summed E-state index contributed by atoms with van der Waals surface area (Å²) in [5.74, 6) is 1.69. The van der Waals surface area contributed by atoms with Gasteiger partial charge in [-0.25, -0.2) is 4.39 Å². The SMILES string of the molecule is CN=C(NCCC1CC1)NC1CCN(c2cccc(F)c2)CC1. The van der Waals surface area contributed by atoms with Gasteiger partial charge in [0.2, 0.25) is 0 Å². The molecular formula is C18H27FN4. The van der Waals surface area contributed by atoms with Crippen molar-refractivity contribution in [3.8, 4) is 0 Å². The Balaban J connectivity index is 1.42. The fourth-order valence-corrected chi connectivity index (χ4v) is 3.14. The van der Waals surface area contributed by atoms with Gasteiger partial charge in [-0.15, -0.1) is 0 Å². The lowest BCUT2D eigenvalue weighted by atomic mass is 10.0. The van der Waals surface area contributed by atoms with Gasteiger partial charge in [-0.2, -0.15) is 0 Å². The summed E-state index contributed by atoms with van der Waals surface area (Å²) in [5.41, 5.74) is 0.982. The summed E-state index contributed by atoms with van der Waals surface area (Å²) in [6.45, 7) is 2.90. The van der Waals surface area contributed by atoms with Crippen molar-refractivity contribution in [1.82, 2.24) is 10.6 Å². The Morgan fingerprint density at radius 2 is 2.04 bits per heavy atom. The Morgan fingerprint density at radius 3 is 2.70 bits per heavy atom. The normalized spacial score (nSPS) is 19.7. The summed E-state index contributed by atoms with van der Waals surface area (Å²) < 4.78 is 13.3. The molecule has 1 saturated carbocycles. The van der Waals surface area contributed by atoms with E-state index in [2.05, 4.69) is 20.5 Å². The number of guanidine groups is 1. The summed E-state index contributed by atoms with van der Waals surface area (Å²) in [6.07, 6.45) is 6.12. The van der Waals surface area contributed by atoms with Gasteiger partial charge in [-0.05, 0) is 43.4 Å². The number of piperidine rings is 1. The van der Waals surface area contributed by atoms with E-state index < -0.39 is 0 Å². The second kappa shape index (κ2) is 7.66. The van der Waals surface area contributed by atoms with E-state index in [1.54, 1.807) is 12.1 Å². The zero-order valence-electron chi connectivity index (χ0n) is 13.9. The van der Waals surface area contributed by atoms with Gasteiger partial charge < -0.3 is 15.5 Å². The first-order valence-corrected chi connectivity index (χ1v) is 8.72. The predicted molar refractivity (Wildman–Crippen MR) is 93.5 cm³/mol. The number of benzene rings is 1. The molecule has 0 bridgehead atoms. The maximum atomic E-state index is 13.3. The average molecular weight is 318 g/mol. The Hall–Kier alpha value is -1.78. The largest absolute Gasteiger partial charge is 0.371 e. The van der Waals surface area contributed by atoms with E-state index in [4.69, 9.17) is 0 Å². The van der Waals surface area contributed by atoms with Gasteiger partial charge in [-0.3, -0.25) is 4.99 Å². The lowest BCUT2D eigenvalue weighted by Gasteiger charge is -2.34. The Labute approximate surface area is 138 Å². The van der Waals surface area contributed by atoms with Crippen molar-refractivity contribution in [1.29, 1.82) is 0 Å². The molecule has 4 nitrogen and oxygen atoms in total. The van der Waals surface area contributed by atoms with E-state index in [0.29, 0.717) is 6.04 Å². The van der Waals surface area contributed by atoms with E-state index in [9.17, 15) is 4.39 Å². The van der Waals surface area contributed by atoms with Crippen molar-refractivity contribution in [3.05, 3.63) is 30.1 Å². The molecule has 0 aromatic heterocycles. The molecule has 2 N–H and O–H groups in total. The molecule has 2 fully saturated rings. The lowest BCUT2D eigenvalue weighted by molar-refractivity contribution is 0.460. The highest BCUT2D eigenvalue weighted by molar-refractivity contribution is 5.79. The molecule has 5 heteroatoms. The average Bonchev–Trinajstić information content (AvgIpc) is 3.39. The second-order valence-electron chi connectivity index (χ2n) is 6.62. The zero-order chi connectivity index (χ0) is 16.1. The van der Waals surface area contributed by atoms with Gasteiger partial charge in [0.25, 0.3) is 0 Å². The molecule has 3 rings (SSSR count). The molecule has 0 spiro atoms. The van der Waals surface area contributed by atoms with Crippen LogP contribution >= 0.6 is 0 Å². The summed E-state index contributed by atoms with van der Waals surface area (Å²) in [7, 11) is 1.83. The molecule has 0 radical (unpaired) electrons. The summed E-state index contributed by atoms with van der Waals surface area (Å²) in [6, 6.07) is 7.31. The Kier molecular flexibility index (Phi) is 5.36. The number of hydrogen-bond acceptors (Lipinski definition) is 2. The van der Waals surface area contributed by atoms with Crippen LogP contribution < -0.4 is 15.5 Å². The molecule has 1 aliphatic heterocycles. The summed E-state index contributed by atoms with van der Waals surface area (Å²) in [4.78, 5) is 6.57. The number of nitrogens with one attached hydrogen (secondary N) is 2. The molecular weight excluding hydrogens is 291 g/mol. The van der Waals surface area contributed by atoms with Gasteiger partial charge >= 0.3 is 0 Å². The molecule has 0 amide bonds. The predicted octanol–water partition coefficient (Wildman–Crippen LogP) is 2.76. The van der Waals surface area contributed by atoms with Crippen LogP contribution in [0, 0.1) is 11.7 Å². The number of nitrogens with zero attached hydrogens (tertiary/aromatic N) is 2. The third kappa shape index (κ3) is 4.85. The molecule has 1 heterocycles. The third-order valence-corrected chi connectivity index (χ3v) is 4.77. The first-order chi connectivity index (χ1) is 11.2. The molecule has 0 unspecified atom stereocenters. The van der Waals surface area contributed by atoms with Crippen molar-refractivity contribution in [3.63, 3.8) is 0 Å². The van der Waals surface area contributed by atoms with Gasteiger partial charge in [-0.1, -0.05) is 18.9 Å². The van der Waals surface area contributed by atoms with Crippen molar-refractivity contribution >= 4 is 11.6 Å². The smallest absolute Gasteiger partial charge is 0.191 e. The summed E-state index contributed by atoms with van der Waals surface area (Å²) in [5, 5.41) is 6.94. The second-order valence-corrected chi connectivity index (χ2v) is 6.62. The topological polar surface area (TPSA) is 39.7 Å². The molecule has 2 aliphatic rings. The van der Waals surface area contributed by atoms with Crippen molar-refractivity contribution in [2.24, 2.45) is 10.9 Å². The minimum Gasteiger partial charge on any atom is -0.371 e. The highest BCUT2D eigenvalue weighted by atomic mass is 19.1. The number of hydrogen-bond donors (Lipinski definition) is 2. The Morgan fingerprint density at radius 1 is 1.26 bits per heavy atom. The Bertz CT molecular complexity index is 534. The fourth-order valence-electron chi connectivity index (χ4n) is 3.14. The highest BCUT2D eigenvalue weighted by Crippen LogP contribution is 2.31. The number of anilines is 1. The minimum absolute atomic E-state index is 0.164. The number of rotatable bonds is 5. The van der Waals surface area contributed by atoms with Gasteiger partial charge in [0.1, 0.15) is 5.82 Å². The first-order valence-electron chi connectivity index (χ1n) is 8.72. The van der Waals surface area contributed by atoms with E-state index in [0.717, 1.165) is 50.0 Å². The van der Waals surface area contributed by atoms with Crippen molar-refractivity contribution in [2.75, 3.05) is 31.6 Å². The third-order valence-electron chi connectivity index (χ3n) is 4.77. The zero-order valence-corrected chi connectivity index (χ0v) is 13.9. The maximum Gasteiger partial charge on any atom is 0.191 e. The molecule has 1 saturated heterocycles. The molecule has 0 atom stereocenters. The first kappa shape index (κ1) is 16.1. The van der Waals surface area contributed by atoms with Gasteiger partial charge in [0.05, 0.1) is 0 Å². The standard InChI is InChI=1S/C18H27FN4/c1-20-18(21-10-7-14-5-6-14)22-16-8-11-23(12-9-16)17-4-2-3-15(19)13-17/h2-4,13-14,16H,5-12H2,1H3,(H2,20,21,22). The van der Waals surface area contributed by atoms with E-state index in [-0.39, 0.29) is 5.82 Å². The minimum atomic E-state index is -0.164. The monoisotopic (exact) mass is 318 g/mol. The van der Waals surface area contributed by atoms with Crippen LogP contribution in [0.15, 0.2) is 29.3 Å². The molecule has 126 valence electrons. The van der Waals surface area contributed by atoms with Crippen LogP contribution in [0.2, 0.25) is 0 Å². The molecule has 23 heavy (non-hydrogen) atoms. The van der Waals surface area contributed by atoms with Crippen molar-refractivity contribution in [2.45, 2.75) is 38.1 Å². The van der Waals surface area contributed by atoms with Gasteiger partial charge in [0.15, 0.2) is 5.96 Å². The van der Waals surface area contributed by atoms with Crippen LogP contribution in [0.3, 0.4) is 0 Å². The van der Waals surface area contributed by atoms with Crippen LogP contribution in [0.4, 0.5) is 10.1 Å². The summed E-state index contributed by atoms with van der Waals surface area (Å²) >= 11 is 0. The van der Waals surface area contributed by atoms with Gasteiger partial charge in [0, 0.05) is 38.4 Å². The quantitative estimate of drug-likeness (QED) is 0.648. The van der Waals surface area contributed by atoms with E-state index in [1.807, 2.05) is 13.1 Å². The number of halogens is 1. The molecule has 1 aromatic rings. The van der Waals surface area contributed by atoms with Crippen LogP contribution in [-0.4, -0.2) is 38.7 Å². The molecule has 1 aliphatic carbocycles. The maximum absolute atomic E-state index is 13.3. The highest BCUT2D eigenvalue weighted by Gasteiger charge is 2.22. The number of aliphatic imine (C=N–C) groups is 1. The van der Waals surface area contributed by atoms with Crippen LogP contribution in [0.1, 0.15) is 32.1 Å². The van der Waals surface area contributed by atoms with E-state index >= 15 is 0 Å². The van der Waals surface area contributed by atoms with Crippen LogP contribution in [0.5, 0.6) is 0 Å². The molecule has 1 aromatic carbocycles. The van der Waals surface area contributed by atoms with Crippen molar-refractivity contribution < 1.29 is 4.39 Å². The van der Waals surface area contributed by atoms with E-state index in [1.165, 1.54) is 25.3 Å².